The number of anilines is 1. The summed E-state index contributed by atoms with van der Waals surface area (Å²) < 4.78 is 26.8. The first-order chi connectivity index (χ1) is 18.4. The quantitative estimate of drug-likeness (QED) is 0.382. The average Bonchev–Trinajstić information content (AvgIpc) is 3.19. The van der Waals surface area contributed by atoms with E-state index < -0.39 is 17.9 Å². The number of halogens is 2. The van der Waals surface area contributed by atoms with Crippen LogP contribution in [0.3, 0.4) is 0 Å². The van der Waals surface area contributed by atoms with Crippen LogP contribution < -0.4 is 10.6 Å². The zero-order valence-corrected chi connectivity index (χ0v) is 23.4. The van der Waals surface area contributed by atoms with Gasteiger partial charge >= 0.3 is 0 Å². The second-order valence-electron chi connectivity index (χ2n) is 11.9. The third kappa shape index (κ3) is 7.12. The molecule has 1 saturated heterocycles. The normalized spacial score (nSPS) is 19.3. The van der Waals surface area contributed by atoms with E-state index in [1.165, 1.54) is 0 Å². The number of Topliss-reactive ketones (excluding diaryl/α,β-unsaturated/α-hetero) is 1. The molecule has 1 aliphatic heterocycles. The molecule has 0 bridgehead atoms. The lowest BCUT2D eigenvalue weighted by Gasteiger charge is -2.31. The molecule has 39 heavy (non-hydrogen) atoms. The third-order valence-corrected chi connectivity index (χ3v) is 7.81. The fraction of sp³-hybridized carbons (Fsp3) is 0.567. The Morgan fingerprint density at radius 1 is 1.10 bits per heavy atom. The number of unbranched alkanes of at least 4 members (excludes halogenated alkanes) is 1. The molecule has 1 fully saturated rings. The van der Waals surface area contributed by atoms with Crippen LogP contribution in [0.15, 0.2) is 24.3 Å². The molecule has 0 radical (unpaired) electrons. The number of ketones is 1. The number of nitrogens with zero attached hydrogens (tertiary/aromatic N) is 1. The minimum Gasteiger partial charge on any atom is -0.354 e. The molecule has 1 unspecified atom stereocenters. The van der Waals surface area contributed by atoms with Gasteiger partial charge in [-0.1, -0.05) is 45.7 Å². The summed E-state index contributed by atoms with van der Waals surface area (Å²) >= 11 is 0. The van der Waals surface area contributed by atoms with Crippen molar-refractivity contribution in [2.24, 2.45) is 5.41 Å². The zero-order valence-electron chi connectivity index (χ0n) is 23.4. The number of piperidine rings is 1. The molecule has 0 spiro atoms. The lowest BCUT2D eigenvalue weighted by atomic mass is 9.75. The maximum Gasteiger partial charge on any atom is 0.268 e. The van der Waals surface area contributed by atoms with Crippen LogP contribution in [0.25, 0.3) is 0 Å². The molecule has 2 aromatic rings. The number of aromatic amines is 1. The summed E-state index contributed by atoms with van der Waals surface area (Å²) in [6.45, 7) is 9.18. The summed E-state index contributed by atoms with van der Waals surface area (Å²) in [4.78, 5) is 44.4. The highest BCUT2D eigenvalue weighted by molar-refractivity contribution is 6.06. The fourth-order valence-corrected chi connectivity index (χ4v) is 5.59. The number of H-pyrrole nitrogens is 1. The molecule has 2 amide bonds. The number of likely N-dealkylation sites (tertiary alicyclic amines) is 1. The van der Waals surface area contributed by atoms with Crippen LogP contribution in [-0.2, 0) is 17.8 Å². The number of carbonyl (C=O) groups is 3. The van der Waals surface area contributed by atoms with Gasteiger partial charge < -0.3 is 15.6 Å². The summed E-state index contributed by atoms with van der Waals surface area (Å²) in [6, 6.07) is 6.61. The van der Waals surface area contributed by atoms with Gasteiger partial charge in [0.1, 0.15) is 11.7 Å². The van der Waals surface area contributed by atoms with Gasteiger partial charge in [-0.3, -0.25) is 19.3 Å². The number of fused-ring (bicyclic) bond motifs is 1. The lowest BCUT2D eigenvalue weighted by Crippen LogP contribution is -2.44. The average molecular weight is 543 g/mol. The molecule has 1 aromatic carbocycles. The molecule has 2 aliphatic rings. The van der Waals surface area contributed by atoms with Crippen LogP contribution in [-0.4, -0.2) is 52.5 Å². The van der Waals surface area contributed by atoms with Crippen molar-refractivity contribution in [2.75, 3.05) is 18.4 Å². The molecule has 1 atom stereocenters. The third-order valence-electron chi connectivity index (χ3n) is 7.81. The van der Waals surface area contributed by atoms with E-state index >= 15 is 0 Å². The number of carbonyl (C=O) groups excluding carboxylic acids is 3. The van der Waals surface area contributed by atoms with Crippen LogP contribution >= 0.6 is 0 Å². The number of alkyl halides is 2. The van der Waals surface area contributed by atoms with Crippen molar-refractivity contribution in [3.8, 4) is 0 Å². The van der Waals surface area contributed by atoms with Crippen LogP contribution in [0.1, 0.15) is 97.0 Å². The molecule has 1 aliphatic carbocycles. The molecular weight excluding hydrogens is 502 g/mol. The lowest BCUT2D eigenvalue weighted by molar-refractivity contribution is -0.118. The van der Waals surface area contributed by atoms with Crippen LogP contribution in [0, 0.1) is 12.3 Å². The smallest absolute Gasteiger partial charge is 0.268 e. The first-order valence-electron chi connectivity index (χ1n) is 13.9. The fourth-order valence-electron chi connectivity index (χ4n) is 5.59. The first kappa shape index (κ1) is 28.9. The monoisotopic (exact) mass is 542 g/mol. The van der Waals surface area contributed by atoms with Crippen LogP contribution in [0.2, 0.25) is 0 Å². The van der Waals surface area contributed by atoms with Crippen LogP contribution in [0.4, 0.5) is 14.5 Å². The van der Waals surface area contributed by atoms with E-state index in [9.17, 15) is 23.2 Å². The summed E-state index contributed by atoms with van der Waals surface area (Å²) in [7, 11) is 0. The predicted molar refractivity (Wildman–Crippen MR) is 147 cm³/mol. The predicted octanol–water partition coefficient (Wildman–Crippen LogP) is 5.64. The van der Waals surface area contributed by atoms with E-state index in [4.69, 9.17) is 0 Å². The molecule has 1 aromatic heterocycles. The largest absolute Gasteiger partial charge is 0.354 e. The topological polar surface area (TPSA) is 94.3 Å². The van der Waals surface area contributed by atoms with Crippen molar-refractivity contribution >= 4 is 23.3 Å². The zero-order chi connectivity index (χ0) is 28.4. The van der Waals surface area contributed by atoms with Crippen molar-refractivity contribution in [3.63, 3.8) is 0 Å². The Bertz CT molecular complexity index is 1210. The Hall–Kier alpha value is -3.07. The van der Waals surface area contributed by atoms with E-state index in [-0.39, 0.29) is 29.9 Å². The summed E-state index contributed by atoms with van der Waals surface area (Å²) in [6.07, 6.45) is 3.00. The standard InChI is InChI=1S/C30H40F2N4O3/c1-5-6-7-22(35-28(39)26-19(2)25-23(34-26)16-29(3,4)17-24(25)37)27(38)33-21-10-8-20(9-11-21)18-36-14-12-30(31,32)13-15-36/h8-11,22,34H,5-7,12-18H2,1-4H3,(H,33,38)(H,35,39). The molecule has 9 heteroatoms. The number of aromatic nitrogens is 1. The van der Waals surface area contributed by atoms with Gasteiger partial charge in [0.25, 0.3) is 11.8 Å². The van der Waals surface area contributed by atoms with E-state index in [0.717, 1.165) is 24.1 Å². The highest BCUT2D eigenvalue weighted by Gasteiger charge is 2.36. The van der Waals surface area contributed by atoms with Crippen molar-refractivity contribution in [2.45, 2.75) is 91.1 Å². The highest BCUT2D eigenvalue weighted by Crippen LogP contribution is 2.36. The first-order valence-corrected chi connectivity index (χ1v) is 13.9. The maximum absolute atomic E-state index is 13.4. The summed E-state index contributed by atoms with van der Waals surface area (Å²) in [5.41, 5.74) is 3.77. The van der Waals surface area contributed by atoms with Crippen molar-refractivity contribution in [1.82, 2.24) is 15.2 Å². The van der Waals surface area contributed by atoms with Crippen molar-refractivity contribution < 1.29 is 23.2 Å². The molecule has 7 nitrogen and oxygen atoms in total. The Kier molecular flexibility index (Phi) is 8.59. The van der Waals surface area contributed by atoms with Gasteiger partial charge in [0, 0.05) is 55.8 Å². The second kappa shape index (κ2) is 11.6. The molecule has 212 valence electrons. The molecule has 0 saturated carbocycles. The molecular formula is C30H40F2N4O3. The van der Waals surface area contributed by atoms with E-state index in [1.54, 1.807) is 19.1 Å². The summed E-state index contributed by atoms with van der Waals surface area (Å²) in [5.74, 6) is -3.24. The minimum atomic E-state index is -2.57. The van der Waals surface area contributed by atoms with Gasteiger partial charge in [0.05, 0.1) is 0 Å². The molecule has 2 heterocycles. The van der Waals surface area contributed by atoms with E-state index in [2.05, 4.69) is 15.6 Å². The summed E-state index contributed by atoms with van der Waals surface area (Å²) in [5, 5.41) is 5.78. The minimum absolute atomic E-state index is 0.0380. The Morgan fingerprint density at radius 3 is 2.41 bits per heavy atom. The van der Waals surface area contributed by atoms with Gasteiger partial charge in [-0.05, 0) is 48.4 Å². The SMILES string of the molecule is CCCCC(NC(=O)c1[nH]c2c(c1C)C(=O)CC(C)(C)C2)C(=O)Nc1ccc(CN2CCC(F)(F)CC2)cc1. The van der Waals surface area contributed by atoms with Crippen molar-refractivity contribution in [1.29, 1.82) is 0 Å². The van der Waals surface area contributed by atoms with E-state index in [1.807, 2.05) is 37.8 Å². The molecule has 4 rings (SSSR count). The highest BCUT2D eigenvalue weighted by atomic mass is 19.3. The number of rotatable bonds is 9. The Morgan fingerprint density at radius 2 is 1.77 bits per heavy atom. The number of amides is 2. The number of hydrogen-bond acceptors (Lipinski definition) is 4. The van der Waals surface area contributed by atoms with Gasteiger partial charge in [-0.25, -0.2) is 8.78 Å². The number of benzene rings is 1. The van der Waals surface area contributed by atoms with Crippen molar-refractivity contribution in [3.05, 3.63) is 52.3 Å². The molecule has 3 N–H and O–H groups in total. The van der Waals surface area contributed by atoms with Crippen LogP contribution in [0.5, 0.6) is 0 Å². The Labute approximate surface area is 229 Å². The Balaban J connectivity index is 1.40. The maximum atomic E-state index is 13.4. The van der Waals surface area contributed by atoms with Gasteiger partial charge in [0.2, 0.25) is 5.91 Å². The number of hydrogen-bond donors (Lipinski definition) is 3. The number of nitrogens with one attached hydrogen (secondary N) is 3. The van der Waals surface area contributed by atoms with Gasteiger partial charge in [0.15, 0.2) is 5.78 Å². The second-order valence-corrected chi connectivity index (χ2v) is 11.9. The van der Waals surface area contributed by atoms with Gasteiger partial charge in [-0.2, -0.15) is 0 Å². The van der Waals surface area contributed by atoms with Gasteiger partial charge in [-0.15, -0.1) is 0 Å². The van der Waals surface area contributed by atoms with E-state index in [0.29, 0.717) is 61.4 Å².